The van der Waals surface area contributed by atoms with E-state index in [-0.39, 0.29) is 12.3 Å². The van der Waals surface area contributed by atoms with Crippen molar-refractivity contribution in [2.75, 3.05) is 6.54 Å². The SMILES string of the molecule is CC.CC(=O)CN1C(=O)C=CC1=O. The highest BCUT2D eigenvalue weighted by Crippen LogP contribution is 2.02. The zero-order valence-corrected chi connectivity index (χ0v) is 8.03. The van der Waals surface area contributed by atoms with E-state index < -0.39 is 11.8 Å². The summed E-state index contributed by atoms with van der Waals surface area (Å²) in [5.74, 6) is -1.02. The molecule has 0 aliphatic carbocycles. The number of amides is 2. The standard InChI is InChI=1S/C7H7NO3.C2H6/c1-5(9)4-8-6(10)2-3-7(8)11;1-2/h2-3H,4H2,1H3;1-2H3. The summed E-state index contributed by atoms with van der Waals surface area (Å²) in [5, 5.41) is 0. The Kier molecular flexibility index (Phi) is 4.66. The van der Waals surface area contributed by atoms with Crippen molar-refractivity contribution in [2.24, 2.45) is 0 Å². The van der Waals surface area contributed by atoms with Gasteiger partial charge < -0.3 is 0 Å². The van der Waals surface area contributed by atoms with E-state index in [0.29, 0.717) is 0 Å². The van der Waals surface area contributed by atoms with Gasteiger partial charge in [0.2, 0.25) is 0 Å². The van der Waals surface area contributed by atoms with Crippen molar-refractivity contribution < 1.29 is 14.4 Å². The number of rotatable bonds is 2. The van der Waals surface area contributed by atoms with Gasteiger partial charge in [-0.1, -0.05) is 13.8 Å². The van der Waals surface area contributed by atoms with Crippen LogP contribution < -0.4 is 0 Å². The fourth-order valence-electron chi connectivity index (χ4n) is 0.810. The molecule has 0 unspecified atom stereocenters. The van der Waals surface area contributed by atoms with Gasteiger partial charge in [-0.3, -0.25) is 19.3 Å². The normalized spacial score (nSPS) is 14.2. The number of hydrogen-bond acceptors (Lipinski definition) is 3. The topological polar surface area (TPSA) is 54.5 Å². The van der Waals surface area contributed by atoms with E-state index in [1.54, 1.807) is 0 Å². The molecular formula is C9H13NO3. The number of nitrogens with zero attached hydrogens (tertiary/aromatic N) is 1. The van der Waals surface area contributed by atoms with E-state index in [0.717, 1.165) is 17.1 Å². The molecule has 0 N–H and O–H groups in total. The van der Waals surface area contributed by atoms with Crippen LogP contribution in [-0.4, -0.2) is 29.0 Å². The second kappa shape index (κ2) is 5.24. The Morgan fingerprint density at radius 1 is 1.23 bits per heavy atom. The van der Waals surface area contributed by atoms with Gasteiger partial charge >= 0.3 is 0 Å². The first-order chi connectivity index (χ1) is 6.11. The molecule has 4 nitrogen and oxygen atoms in total. The number of carbonyl (C=O) groups is 3. The number of imide groups is 1. The maximum atomic E-state index is 10.8. The minimum absolute atomic E-state index is 0.120. The Balaban J connectivity index is 0.000000671. The first-order valence-corrected chi connectivity index (χ1v) is 4.14. The fourth-order valence-corrected chi connectivity index (χ4v) is 0.810. The molecule has 72 valence electrons. The van der Waals surface area contributed by atoms with Crippen LogP contribution >= 0.6 is 0 Å². The summed E-state index contributed by atoms with van der Waals surface area (Å²) in [6.07, 6.45) is 2.32. The van der Waals surface area contributed by atoms with Crippen molar-refractivity contribution in [3.8, 4) is 0 Å². The van der Waals surface area contributed by atoms with E-state index in [4.69, 9.17) is 0 Å². The molecule has 0 atom stereocenters. The van der Waals surface area contributed by atoms with Gasteiger partial charge in [-0.05, 0) is 6.92 Å². The van der Waals surface area contributed by atoms with Crippen molar-refractivity contribution in [1.29, 1.82) is 0 Å². The Morgan fingerprint density at radius 2 is 1.62 bits per heavy atom. The molecule has 0 aromatic heterocycles. The van der Waals surface area contributed by atoms with Crippen LogP contribution in [0.2, 0.25) is 0 Å². The van der Waals surface area contributed by atoms with Gasteiger partial charge in [-0.25, -0.2) is 0 Å². The van der Waals surface area contributed by atoms with Gasteiger partial charge in [0.1, 0.15) is 5.78 Å². The van der Waals surface area contributed by atoms with Crippen molar-refractivity contribution in [2.45, 2.75) is 20.8 Å². The van der Waals surface area contributed by atoms with Gasteiger partial charge in [0.25, 0.3) is 11.8 Å². The maximum absolute atomic E-state index is 10.8. The number of hydrogen-bond donors (Lipinski definition) is 0. The average Bonchev–Trinajstić information content (AvgIpc) is 2.39. The highest BCUT2D eigenvalue weighted by atomic mass is 16.2. The Hall–Kier alpha value is -1.45. The second-order valence-electron chi connectivity index (χ2n) is 2.30. The van der Waals surface area contributed by atoms with E-state index in [2.05, 4.69) is 0 Å². The van der Waals surface area contributed by atoms with Crippen LogP contribution in [0.4, 0.5) is 0 Å². The average molecular weight is 183 g/mol. The highest BCUT2D eigenvalue weighted by Gasteiger charge is 2.23. The molecule has 1 rings (SSSR count). The third kappa shape index (κ3) is 3.19. The lowest BCUT2D eigenvalue weighted by Gasteiger charge is -2.09. The molecule has 0 radical (unpaired) electrons. The smallest absolute Gasteiger partial charge is 0.254 e. The van der Waals surface area contributed by atoms with Crippen LogP contribution in [0, 0.1) is 0 Å². The van der Waals surface area contributed by atoms with Crippen LogP contribution in [0.1, 0.15) is 20.8 Å². The minimum atomic E-state index is -0.412. The number of Topliss-reactive ketones (excluding diaryl/α,β-unsaturated/α-hetero) is 1. The summed E-state index contributed by atoms with van der Waals surface area (Å²) < 4.78 is 0. The molecular weight excluding hydrogens is 170 g/mol. The van der Waals surface area contributed by atoms with Crippen LogP contribution in [0.25, 0.3) is 0 Å². The van der Waals surface area contributed by atoms with Crippen molar-refractivity contribution in [1.82, 2.24) is 4.90 Å². The number of carbonyl (C=O) groups excluding carboxylic acids is 3. The Labute approximate surface area is 77.2 Å². The molecule has 0 aromatic rings. The van der Waals surface area contributed by atoms with Crippen molar-refractivity contribution in [3.05, 3.63) is 12.2 Å². The molecule has 4 heteroatoms. The van der Waals surface area contributed by atoms with E-state index >= 15 is 0 Å². The van der Waals surface area contributed by atoms with Gasteiger partial charge in [0.15, 0.2) is 0 Å². The van der Waals surface area contributed by atoms with E-state index in [1.807, 2.05) is 13.8 Å². The van der Waals surface area contributed by atoms with Gasteiger partial charge in [-0.15, -0.1) is 0 Å². The van der Waals surface area contributed by atoms with Crippen molar-refractivity contribution in [3.63, 3.8) is 0 Å². The lowest BCUT2D eigenvalue weighted by atomic mass is 10.4. The summed E-state index contributed by atoms with van der Waals surface area (Å²) >= 11 is 0. The zero-order valence-electron chi connectivity index (χ0n) is 8.03. The zero-order chi connectivity index (χ0) is 10.4. The summed E-state index contributed by atoms with van der Waals surface area (Å²) in [4.78, 5) is 33.0. The third-order valence-electron chi connectivity index (χ3n) is 1.28. The quantitative estimate of drug-likeness (QED) is 0.587. The van der Waals surface area contributed by atoms with Crippen molar-refractivity contribution >= 4 is 17.6 Å². The molecule has 1 aliphatic heterocycles. The molecule has 1 aliphatic rings. The summed E-state index contributed by atoms with van der Waals surface area (Å²) in [7, 11) is 0. The molecule has 0 saturated heterocycles. The van der Waals surface area contributed by atoms with E-state index in [1.165, 1.54) is 6.92 Å². The van der Waals surface area contributed by atoms with E-state index in [9.17, 15) is 14.4 Å². The summed E-state index contributed by atoms with van der Waals surface area (Å²) in [5.41, 5.74) is 0. The monoisotopic (exact) mass is 183 g/mol. The Bertz CT molecular complexity index is 238. The molecule has 0 spiro atoms. The lowest BCUT2D eigenvalue weighted by Crippen LogP contribution is -2.34. The van der Waals surface area contributed by atoms with Crippen LogP contribution in [0.5, 0.6) is 0 Å². The number of ketones is 1. The first kappa shape index (κ1) is 11.6. The molecule has 0 fully saturated rings. The van der Waals surface area contributed by atoms with Crippen LogP contribution in [0.3, 0.4) is 0 Å². The molecule has 0 bridgehead atoms. The minimum Gasteiger partial charge on any atom is -0.298 e. The predicted molar refractivity (Wildman–Crippen MR) is 47.9 cm³/mol. The molecule has 0 saturated carbocycles. The molecule has 2 amide bonds. The van der Waals surface area contributed by atoms with Gasteiger partial charge in [0.05, 0.1) is 6.54 Å². The Morgan fingerprint density at radius 3 is 1.92 bits per heavy atom. The molecule has 1 heterocycles. The molecule has 0 aromatic carbocycles. The fraction of sp³-hybridized carbons (Fsp3) is 0.444. The summed E-state index contributed by atoms with van der Waals surface area (Å²) in [6.45, 7) is 5.21. The first-order valence-electron chi connectivity index (χ1n) is 4.14. The maximum Gasteiger partial charge on any atom is 0.254 e. The predicted octanol–water partition coefficient (Wildman–Crippen LogP) is 0.527. The largest absolute Gasteiger partial charge is 0.298 e. The molecule has 13 heavy (non-hydrogen) atoms. The van der Waals surface area contributed by atoms with Gasteiger partial charge in [-0.2, -0.15) is 0 Å². The van der Waals surface area contributed by atoms with Crippen LogP contribution in [0.15, 0.2) is 12.2 Å². The van der Waals surface area contributed by atoms with Gasteiger partial charge in [0, 0.05) is 12.2 Å². The second-order valence-corrected chi connectivity index (χ2v) is 2.30. The lowest BCUT2D eigenvalue weighted by molar-refractivity contribution is -0.140. The highest BCUT2D eigenvalue weighted by molar-refractivity contribution is 6.14. The summed E-state index contributed by atoms with van der Waals surface area (Å²) in [6, 6.07) is 0. The van der Waals surface area contributed by atoms with Crippen LogP contribution in [-0.2, 0) is 14.4 Å². The third-order valence-corrected chi connectivity index (χ3v) is 1.28.